The molecule has 4 rings (SSSR count). The standard InChI is InChI=1S/C20H12FN3O4/c21-14-5-1-3-12(9-14)20-23-16-10-15(7-8-18(16)28-20)22-11-13-4-2-6-17(19(13)25)24(26)27/h1-11,25H. The molecule has 0 aliphatic carbocycles. The molecule has 0 fully saturated rings. The van der Waals surface area contributed by atoms with Gasteiger partial charge in [0.05, 0.1) is 10.6 Å². The van der Waals surface area contributed by atoms with Crippen LogP contribution in [-0.4, -0.2) is 21.2 Å². The van der Waals surface area contributed by atoms with Gasteiger partial charge in [0.2, 0.25) is 11.6 Å². The summed E-state index contributed by atoms with van der Waals surface area (Å²) in [7, 11) is 0. The summed E-state index contributed by atoms with van der Waals surface area (Å²) in [4.78, 5) is 18.8. The van der Waals surface area contributed by atoms with Gasteiger partial charge in [-0.15, -0.1) is 0 Å². The molecule has 0 amide bonds. The summed E-state index contributed by atoms with van der Waals surface area (Å²) in [5.41, 5.74) is 1.89. The van der Waals surface area contributed by atoms with Crippen LogP contribution in [0.3, 0.4) is 0 Å². The number of para-hydroxylation sites is 1. The van der Waals surface area contributed by atoms with Crippen LogP contribution in [-0.2, 0) is 0 Å². The predicted molar refractivity (Wildman–Crippen MR) is 101 cm³/mol. The van der Waals surface area contributed by atoms with Crippen LogP contribution in [0.4, 0.5) is 15.8 Å². The van der Waals surface area contributed by atoms with E-state index in [0.717, 1.165) is 0 Å². The number of nitrogens with zero attached hydrogens (tertiary/aromatic N) is 3. The van der Waals surface area contributed by atoms with Gasteiger partial charge < -0.3 is 9.52 Å². The Morgan fingerprint density at radius 2 is 1.96 bits per heavy atom. The topological polar surface area (TPSA) is 102 Å². The maximum Gasteiger partial charge on any atom is 0.311 e. The average molecular weight is 377 g/mol. The van der Waals surface area contributed by atoms with E-state index in [1.54, 1.807) is 30.3 Å². The molecule has 3 aromatic carbocycles. The van der Waals surface area contributed by atoms with E-state index >= 15 is 0 Å². The Labute approximate surface area is 157 Å². The van der Waals surface area contributed by atoms with Gasteiger partial charge in [0, 0.05) is 23.4 Å². The Balaban J connectivity index is 1.66. The maximum absolute atomic E-state index is 13.4. The first-order valence-corrected chi connectivity index (χ1v) is 8.18. The fraction of sp³-hybridized carbons (Fsp3) is 0. The van der Waals surface area contributed by atoms with Crippen LogP contribution in [0.2, 0.25) is 0 Å². The van der Waals surface area contributed by atoms with Crippen molar-refractivity contribution < 1.29 is 18.8 Å². The largest absolute Gasteiger partial charge is 0.502 e. The molecule has 4 aromatic rings. The molecule has 1 aromatic heterocycles. The summed E-state index contributed by atoms with van der Waals surface area (Å²) < 4.78 is 19.0. The van der Waals surface area contributed by atoms with Gasteiger partial charge in [0.15, 0.2) is 5.58 Å². The van der Waals surface area contributed by atoms with E-state index in [9.17, 15) is 19.6 Å². The second-order valence-corrected chi connectivity index (χ2v) is 5.91. The van der Waals surface area contributed by atoms with E-state index in [1.165, 1.54) is 36.5 Å². The smallest absolute Gasteiger partial charge is 0.311 e. The molecule has 138 valence electrons. The van der Waals surface area contributed by atoms with Crippen molar-refractivity contribution in [1.29, 1.82) is 0 Å². The Hall–Kier alpha value is -4.07. The minimum atomic E-state index is -0.665. The number of rotatable bonds is 4. The van der Waals surface area contributed by atoms with E-state index in [0.29, 0.717) is 22.4 Å². The Morgan fingerprint density at radius 3 is 2.75 bits per heavy atom. The molecule has 28 heavy (non-hydrogen) atoms. The normalized spacial score (nSPS) is 11.3. The molecule has 0 aliphatic heterocycles. The number of benzene rings is 3. The fourth-order valence-electron chi connectivity index (χ4n) is 2.69. The zero-order valence-electron chi connectivity index (χ0n) is 14.2. The van der Waals surface area contributed by atoms with E-state index in [2.05, 4.69) is 9.98 Å². The number of phenols is 1. The van der Waals surface area contributed by atoms with Crippen molar-refractivity contribution in [2.45, 2.75) is 0 Å². The number of aromatic nitrogens is 1. The SMILES string of the molecule is O=[N+]([O-])c1cccc(C=Nc2ccc3oc(-c4cccc(F)c4)nc3c2)c1O. The van der Waals surface area contributed by atoms with Gasteiger partial charge >= 0.3 is 5.69 Å². The number of aromatic hydroxyl groups is 1. The van der Waals surface area contributed by atoms with Crippen molar-refractivity contribution in [3.63, 3.8) is 0 Å². The first kappa shape index (κ1) is 17.3. The minimum Gasteiger partial charge on any atom is -0.502 e. The molecule has 0 atom stereocenters. The van der Waals surface area contributed by atoms with Crippen LogP contribution in [0.15, 0.2) is 70.1 Å². The monoisotopic (exact) mass is 377 g/mol. The summed E-state index contributed by atoms with van der Waals surface area (Å²) in [5.74, 6) is -0.555. The Bertz CT molecular complexity index is 1230. The Morgan fingerprint density at radius 1 is 1.14 bits per heavy atom. The Kier molecular flexibility index (Phi) is 4.29. The first-order chi connectivity index (χ1) is 13.5. The number of hydrogen-bond acceptors (Lipinski definition) is 6. The zero-order valence-corrected chi connectivity index (χ0v) is 14.2. The van der Waals surface area contributed by atoms with Crippen molar-refractivity contribution in [3.05, 3.63) is 82.2 Å². The average Bonchev–Trinajstić information content (AvgIpc) is 3.10. The van der Waals surface area contributed by atoms with Crippen LogP contribution in [0.25, 0.3) is 22.6 Å². The van der Waals surface area contributed by atoms with Gasteiger partial charge in [-0.25, -0.2) is 9.37 Å². The number of halogens is 1. The molecule has 1 N–H and O–H groups in total. The van der Waals surface area contributed by atoms with Gasteiger partial charge in [0.25, 0.3) is 0 Å². The number of aliphatic imine (C=N–C) groups is 1. The zero-order chi connectivity index (χ0) is 19.7. The highest BCUT2D eigenvalue weighted by molar-refractivity contribution is 5.88. The molecule has 0 saturated carbocycles. The van der Waals surface area contributed by atoms with Gasteiger partial charge in [-0.3, -0.25) is 15.1 Å². The number of hydrogen-bond donors (Lipinski definition) is 1. The highest BCUT2D eigenvalue weighted by atomic mass is 19.1. The van der Waals surface area contributed by atoms with Crippen molar-refractivity contribution in [1.82, 2.24) is 4.98 Å². The number of fused-ring (bicyclic) bond motifs is 1. The third kappa shape index (κ3) is 3.30. The van der Waals surface area contributed by atoms with Gasteiger partial charge in [0.1, 0.15) is 11.3 Å². The van der Waals surface area contributed by atoms with Crippen molar-refractivity contribution in [3.8, 4) is 17.2 Å². The maximum atomic E-state index is 13.4. The molecule has 0 radical (unpaired) electrons. The molecule has 7 nitrogen and oxygen atoms in total. The van der Waals surface area contributed by atoms with Crippen LogP contribution >= 0.6 is 0 Å². The van der Waals surface area contributed by atoms with E-state index in [4.69, 9.17) is 4.42 Å². The highest BCUT2D eigenvalue weighted by Gasteiger charge is 2.15. The fourth-order valence-corrected chi connectivity index (χ4v) is 2.69. The lowest BCUT2D eigenvalue weighted by Gasteiger charge is -1.99. The van der Waals surface area contributed by atoms with Crippen molar-refractivity contribution in [2.24, 2.45) is 4.99 Å². The molecule has 0 saturated heterocycles. The molecular formula is C20H12FN3O4. The number of phenolic OH excluding ortho intramolecular Hbond substituents is 1. The number of oxazole rings is 1. The second kappa shape index (κ2) is 6.92. The minimum absolute atomic E-state index is 0.217. The van der Waals surface area contributed by atoms with Crippen LogP contribution in [0, 0.1) is 15.9 Å². The molecule has 1 heterocycles. The molecule has 8 heteroatoms. The van der Waals surface area contributed by atoms with E-state index in [1.807, 2.05) is 0 Å². The lowest BCUT2D eigenvalue weighted by molar-refractivity contribution is -0.385. The molecule has 0 unspecified atom stereocenters. The summed E-state index contributed by atoms with van der Waals surface area (Å²) in [5, 5.41) is 20.9. The molecule has 0 bridgehead atoms. The van der Waals surface area contributed by atoms with Crippen molar-refractivity contribution in [2.75, 3.05) is 0 Å². The lowest BCUT2D eigenvalue weighted by atomic mass is 10.2. The highest BCUT2D eigenvalue weighted by Crippen LogP contribution is 2.30. The van der Waals surface area contributed by atoms with Crippen LogP contribution < -0.4 is 0 Å². The third-order valence-electron chi connectivity index (χ3n) is 4.04. The number of nitro groups is 1. The van der Waals surface area contributed by atoms with E-state index in [-0.39, 0.29) is 17.3 Å². The molecular weight excluding hydrogens is 365 g/mol. The van der Waals surface area contributed by atoms with Crippen LogP contribution in [0.5, 0.6) is 5.75 Å². The van der Waals surface area contributed by atoms with Crippen LogP contribution in [0.1, 0.15) is 5.56 Å². The van der Waals surface area contributed by atoms with Gasteiger partial charge in [-0.1, -0.05) is 12.1 Å². The lowest BCUT2D eigenvalue weighted by Crippen LogP contribution is -1.91. The van der Waals surface area contributed by atoms with Gasteiger partial charge in [-0.2, -0.15) is 0 Å². The summed E-state index contributed by atoms with van der Waals surface area (Å²) in [6.45, 7) is 0. The summed E-state index contributed by atoms with van der Waals surface area (Å²) in [6.07, 6.45) is 1.33. The molecule has 0 spiro atoms. The summed E-state index contributed by atoms with van der Waals surface area (Å²) in [6, 6.07) is 15.1. The first-order valence-electron chi connectivity index (χ1n) is 8.18. The number of nitro benzene ring substituents is 1. The molecule has 0 aliphatic rings. The summed E-state index contributed by atoms with van der Waals surface area (Å²) >= 11 is 0. The quantitative estimate of drug-likeness (QED) is 0.306. The van der Waals surface area contributed by atoms with E-state index < -0.39 is 16.4 Å². The predicted octanol–water partition coefficient (Wildman–Crippen LogP) is 5.00. The van der Waals surface area contributed by atoms with Crippen molar-refractivity contribution >= 4 is 28.7 Å². The second-order valence-electron chi connectivity index (χ2n) is 5.91. The third-order valence-corrected chi connectivity index (χ3v) is 4.04. The van der Waals surface area contributed by atoms with Gasteiger partial charge in [-0.05, 0) is 42.5 Å².